The van der Waals surface area contributed by atoms with Crippen LogP contribution < -0.4 is 5.32 Å². The molecule has 4 nitrogen and oxygen atoms in total. The van der Waals surface area contributed by atoms with E-state index in [2.05, 4.69) is 17.3 Å². The van der Waals surface area contributed by atoms with Crippen LogP contribution in [0.3, 0.4) is 0 Å². The van der Waals surface area contributed by atoms with Crippen LogP contribution in [0.1, 0.15) is 18.4 Å². The summed E-state index contributed by atoms with van der Waals surface area (Å²) in [5, 5.41) is 12.1. The standard InChI is InChI=1S/C14H20N2O2/c1-16-8-2-3-12(16)10-15-14(18)9-11-4-6-13(17)7-5-11/h4-7,12,17H,2-3,8-10H2,1H3,(H,15,18). The minimum absolute atomic E-state index is 0.0426. The van der Waals surface area contributed by atoms with E-state index in [0.29, 0.717) is 12.5 Å². The zero-order valence-corrected chi connectivity index (χ0v) is 10.7. The molecule has 98 valence electrons. The van der Waals surface area contributed by atoms with E-state index in [1.54, 1.807) is 24.3 Å². The maximum Gasteiger partial charge on any atom is 0.224 e. The number of nitrogens with one attached hydrogen (secondary N) is 1. The number of aromatic hydroxyl groups is 1. The van der Waals surface area contributed by atoms with Crippen molar-refractivity contribution in [3.8, 4) is 5.75 Å². The molecular formula is C14H20N2O2. The van der Waals surface area contributed by atoms with Crippen molar-refractivity contribution in [2.45, 2.75) is 25.3 Å². The fourth-order valence-corrected chi connectivity index (χ4v) is 2.33. The third kappa shape index (κ3) is 3.47. The van der Waals surface area contributed by atoms with Crippen molar-refractivity contribution in [2.75, 3.05) is 20.1 Å². The molecule has 0 aliphatic carbocycles. The first kappa shape index (κ1) is 12.9. The Balaban J connectivity index is 1.76. The lowest BCUT2D eigenvalue weighted by atomic mass is 10.1. The Bertz CT molecular complexity index is 403. The van der Waals surface area contributed by atoms with Crippen molar-refractivity contribution in [3.63, 3.8) is 0 Å². The second-order valence-corrected chi connectivity index (χ2v) is 4.92. The Kier molecular flexibility index (Phi) is 4.20. The highest BCUT2D eigenvalue weighted by Crippen LogP contribution is 2.13. The van der Waals surface area contributed by atoms with E-state index in [4.69, 9.17) is 5.11 Å². The summed E-state index contributed by atoms with van der Waals surface area (Å²) in [6, 6.07) is 7.24. The van der Waals surface area contributed by atoms with Gasteiger partial charge in [-0.15, -0.1) is 0 Å². The first-order chi connectivity index (χ1) is 8.65. The molecule has 1 aliphatic rings. The quantitative estimate of drug-likeness (QED) is 0.840. The second-order valence-electron chi connectivity index (χ2n) is 4.92. The van der Waals surface area contributed by atoms with Gasteiger partial charge in [0, 0.05) is 12.6 Å². The van der Waals surface area contributed by atoms with Gasteiger partial charge in [-0.05, 0) is 44.1 Å². The molecular weight excluding hydrogens is 228 g/mol. The average Bonchev–Trinajstić information content (AvgIpc) is 2.75. The lowest BCUT2D eigenvalue weighted by Crippen LogP contribution is -2.38. The first-order valence-corrected chi connectivity index (χ1v) is 6.40. The number of likely N-dealkylation sites (N-methyl/N-ethyl adjacent to an activating group) is 1. The number of amides is 1. The van der Waals surface area contributed by atoms with Gasteiger partial charge >= 0.3 is 0 Å². The summed E-state index contributed by atoms with van der Waals surface area (Å²) < 4.78 is 0. The number of carbonyl (C=O) groups is 1. The maximum atomic E-state index is 11.8. The molecule has 1 aliphatic heterocycles. The third-order valence-corrected chi connectivity index (χ3v) is 3.51. The summed E-state index contributed by atoms with van der Waals surface area (Å²) in [6.45, 7) is 1.85. The molecule has 1 saturated heterocycles. The van der Waals surface area contributed by atoms with Crippen LogP contribution in [0.4, 0.5) is 0 Å². The number of likely N-dealkylation sites (tertiary alicyclic amines) is 1. The molecule has 1 atom stereocenters. The van der Waals surface area contributed by atoms with Crippen molar-refractivity contribution in [2.24, 2.45) is 0 Å². The maximum absolute atomic E-state index is 11.8. The van der Waals surface area contributed by atoms with Crippen molar-refractivity contribution < 1.29 is 9.90 Å². The minimum Gasteiger partial charge on any atom is -0.508 e. The molecule has 4 heteroatoms. The van der Waals surface area contributed by atoms with Crippen LogP contribution in [0.2, 0.25) is 0 Å². The zero-order chi connectivity index (χ0) is 13.0. The van der Waals surface area contributed by atoms with E-state index >= 15 is 0 Å². The van der Waals surface area contributed by atoms with Gasteiger partial charge in [-0.3, -0.25) is 4.79 Å². The minimum atomic E-state index is 0.0426. The van der Waals surface area contributed by atoms with E-state index in [9.17, 15) is 4.79 Å². The van der Waals surface area contributed by atoms with E-state index in [1.807, 2.05) is 0 Å². The van der Waals surface area contributed by atoms with Gasteiger partial charge in [0.25, 0.3) is 0 Å². The highest BCUT2D eigenvalue weighted by Gasteiger charge is 2.20. The SMILES string of the molecule is CN1CCCC1CNC(=O)Cc1ccc(O)cc1. The molecule has 2 rings (SSSR count). The normalized spacial score (nSPS) is 19.9. The molecule has 1 fully saturated rings. The zero-order valence-electron chi connectivity index (χ0n) is 10.7. The molecule has 2 N–H and O–H groups in total. The fourth-order valence-electron chi connectivity index (χ4n) is 2.33. The van der Waals surface area contributed by atoms with Gasteiger partial charge in [0.05, 0.1) is 6.42 Å². The van der Waals surface area contributed by atoms with Crippen molar-refractivity contribution in [1.82, 2.24) is 10.2 Å². The van der Waals surface area contributed by atoms with Gasteiger partial charge in [0.2, 0.25) is 5.91 Å². The van der Waals surface area contributed by atoms with E-state index in [1.165, 1.54) is 6.42 Å². The molecule has 1 aromatic carbocycles. The first-order valence-electron chi connectivity index (χ1n) is 6.40. The predicted octanol–water partition coefficient (Wildman–Crippen LogP) is 1.15. The van der Waals surface area contributed by atoms with Gasteiger partial charge in [-0.25, -0.2) is 0 Å². The van der Waals surface area contributed by atoms with E-state index in [-0.39, 0.29) is 11.7 Å². The summed E-state index contributed by atoms with van der Waals surface area (Å²) in [4.78, 5) is 14.1. The van der Waals surface area contributed by atoms with Gasteiger partial charge in [0.15, 0.2) is 0 Å². The summed E-state index contributed by atoms with van der Waals surface area (Å²) in [5.41, 5.74) is 0.921. The Hall–Kier alpha value is -1.55. The largest absolute Gasteiger partial charge is 0.508 e. The van der Waals surface area contributed by atoms with Crippen LogP contribution in [0.15, 0.2) is 24.3 Å². The van der Waals surface area contributed by atoms with Gasteiger partial charge in [0.1, 0.15) is 5.75 Å². The van der Waals surface area contributed by atoms with Gasteiger partial charge < -0.3 is 15.3 Å². The molecule has 0 radical (unpaired) electrons. The summed E-state index contributed by atoms with van der Waals surface area (Å²) in [7, 11) is 2.10. The average molecular weight is 248 g/mol. The Morgan fingerprint density at radius 1 is 1.44 bits per heavy atom. The summed E-state index contributed by atoms with van der Waals surface area (Å²) >= 11 is 0. The third-order valence-electron chi connectivity index (χ3n) is 3.51. The number of carbonyl (C=O) groups excluding carboxylic acids is 1. The number of hydrogen-bond acceptors (Lipinski definition) is 3. The smallest absolute Gasteiger partial charge is 0.224 e. The van der Waals surface area contributed by atoms with Gasteiger partial charge in [-0.1, -0.05) is 12.1 Å². The fraction of sp³-hybridized carbons (Fsp3) is 0.500. The topological polar surface area (TPSA) is 52.6 Å². The Morgan fingerprint density at radius 3 is 2.78 bits per heavy atom. The summed E-state index contributed by atoms with van der Waals surface area (Å²) in [6.07, 6.45) is 2.75. The number of phenolic OH excluding ortho intramolecular Hbond substituents is 1. The van der Waals surface area contributed by atoms with E-state index < -0.39 is 0 Å². The molecule has 0 spiro atoms. The molecule has 0 bridgehead atoms. The van der Waals surface area contributed by atoms with Gasteiger partial charge in [-0.2, -0.15) is 0 Å². The molecule has 1 unspecified atom stereocenters. The highest BCUT2D eigenvalue weighted by molar-refractivity contribution is 5.78. The molecule has 0 aromatic heterocycles. The van der Waals surface area contributed by atoms with E-state index in [0.717, 1.165) is 25.1 Å². The van der Waals surface area contributed by atoms with Crippen molar-refractivity contribution in [1.29, 1.82) is 0 Å². The Labute approximate surface area is 108 Å². The lowest BCUT2D eigenvalue weighted by Gasteiger charge is -2.19. The lowest BCUT2D eigenvalue weighted by molar-refractivity contribution is -0.120. The number of hydrogen-bond donors (Lipinski definition) is 2. The monoisotopic (exact) mass is 248 g/mol. The molecule has 1 amide bonds. The molecule has 1 aromatic rings. The molecule has 18 heavy (non-hydrogen) atoms. The number of phenols is 1. The molecule has 0 saturated carbocycles. The van der Waals surface area contributed by atoms with Crippen LogP contribution >= 0.6 is 0 Å². The number of nitrogens with zero attached hydrogens (tertiary/aromatic N) is 1. The van der Waals surface area contributed by atoms with Crippen LogP contribution in [0.25, 0.3) is 0 Å². The van der Waals surface area contributed by atoms with Crippen molar-refractivity contribution in [3.05, 3.63) is 29.8 Å². The van der Waals surface area contributed by atoms with Crippen molar-refractivity contribution >= 4 is 5.91 Å². The number of rotatable bonds is 4. The second kappa shape index (κ2) is 5.87. The number of benzene rings is 1. The molecule has 1 heterocycles. The highest BCUT2D eigenvalue weighted by atomic mass is 16.3. The van der Waals surface area contributed by atoms with Crippen LogP contribution in [-0.2, 0) is 11.2 Å². The van der Waals surface area contributed by atoms with Crippen LogP contribution in [0, 0.1) is 0 Å². The predicted molar refractivity (Wildman–Crippen MR) is 70.5 cm³/mol. The van der Waals surface area contributed by atoms with Crippen LogP contribution in [0.5, 0.6) is 5.75 Å². The summed E-state index contributed by atoms with van der Waals surface area (Å²) in [5.74, 6) is 0.271. The Morgan fingerprint density at radius 2 is 2.17 bits per heavy atom. The van der Waals surface area contributed by atoms with Crippen LogP contribution in [-0.4, -0.2) is 42.1 Å².